The molecule has 0 aliphatic carbocycles. The first kappa shape index (κ1) is 11.7. The van der Waals surface area contributed by atoms with Gasteiger partial charge in [-0.2, -0.15) is 0 Å². The fourth-order valence-electron chi connectivity index (χ4n) is 2.97. The van der Waals surface area contributed by atoms with E-state index in [1.54, 1.807) is 0 Å². The Hall–Kier alpha value is -1.35. The van der Waals surface area contributed by atoms with Crippen LogP contribution in [0.1, 0.15) is 37.4 Å². The molecule has 0 unspecified atom stereocenters. The maximum Gasteiger partial charge on any atom is 0.324 e. The Bertz CT molecular complexity index is 412. The predicted octanol–water partition coefficient (Wildman–Crippen LogP) is 2.53. The van der Waals surface area contributed by atoms with Crippen LogP contribution in [0.2, 0.25) is 0 Å². The van der Waals surface area contributed by atoms with Gasteiger partial charge in [0.2, 0.25) is 0 Å². The second-order valence-corrected chi connectivity index (χ2v) is 5.18. The van der Waals surface area contributed by atoms with E-state index >= 15 is 0 Å². The fraction of sp³-hybridized carbons (Fsp3) is 0.533. The van der Waals surface area contributed by atoms with E-state index in [2.05, 4.69) is 4.90 Å². The standard InChI is InChI=1S/C15H19NO2/c17-15-13(16-9-5-2-6-10-16)11-14(18-15)12-7-3-1-4-8-12/h1,3-4,7-8,13-14H,2,5-6,9-11H2/t13-,14-/m1/s1. The Balaban J connectivity index is 1.70. The number of rotatable bonds is 2. The van der Waals surface area contributed by atoms with Gasteiger partial charge in [0.1, 0.15) is 12.1 Å². The third kappa shape index (κ3) is 2.27. The molecule has 18 heavy (non-hydrogen) atoms. The average molecular weight is 245 g/mol. The van der Waals surface area contributed by atoms with Crippen LogP contribution >= 0.6 is 0 Å². The maximum absolute atomic E-state index is 12.0. The summed E-state index contributed by atoms with van der Waals surface area (Å²) >= 11 is 0. The number of hydrogen-bond donors (Lipinski definition) is 0. The average Bonchev–Trinajstić information content (AvgIpc) is 2.83. The molecule has 0 aromatic heterocycles. The summed E-state index contributed by atoms with van der Waals surface area (Å²) in [4.78, 5) is 14.3. The number of nitrogens with zero attached hydrogens (tertiary/aromatic N) is 1. The molecule has 0 N–H and O–H groups in total. The fourth-order valence-corrected chi connectivity index (χ4v) is 2.97. The zero-order valence-electron chi connectivity index (χ0n) is 10.5. The number of ether oxygens (including phenoxy) is 1. The SMILES string of the molecule is O=C1O[C@@H](c2ccccc2)C[C@H]1N1CCCCC1. The van der Waals surface area contributed by atoms with Gasteiger partial charge in [-0.3, -0.25) is 9.69 Å². The van der Waals surface area contributed by atoms with Crippen molar-refractivity contribution in [1.82, 2.24) is 4.90 Å². The van der Waals surface area contributed by atoms with Crippen molar-refractivity contribution in [2.75, 3.05) is 13.1 Å². The number of carbonyl (C=O) groups excluding carboxylic acids is 1. The quantitative estimate of drug-likeness (QED) is 0.750. The molecule has 1 aromatic carbocycles. The van der Waals surface area contributed by atoms with E-state index in [1.807, 2.05) is 30.3 Å². The third-order valence-electron chi connectivity index (χ3n) is 3.97. The van der Waals surface area contributed by atoms with Gasteiger partial charge in [0, 0.05) is 6.42 Å². The topological polar surface area (TPSA) is 29.5 Å². The summed E-state index contributed by atoms with van der Waals surface area (Å²) in [7, 11) is 0. The number of cyclic esters (lactones) is 1. The summed E-state index contributed by atoms with van der Waals surface area (Å²) in [6.45, 7) is 2.09. The minimum absolute atomic E-state index is 0.0180. The first-order valence-electron chi connectivity index (χ1n) is 6.84. The molecule has 2 aliphatic heterocycles. The highest BCUT2D eigenvalue weighted by Crippen LogP contribution is 2.33. The molecule has 2 fully saturated rings. The van der Waals surface area contributed by atoms with E-state index in [0.717, 1.165) is 25.1 Å². The van der Waals surface area contributed by atoms with Crippen LogP contribution in [0.3, 0.4) is 0 Å². The van der Waals surface area contributed by atoms with Gasteiger partial charge in [0.25, 0.3) is 0 Å². The van der Waals surface area contributed by atoms with Gasteiger partial charge in [0.15, 0.2) is 0 Å². The van der Waals surface area contributed by atoms with Gasteiger partial charge in [-0.15, -0.1) is 0 Å². The lowest BCUT2D eigenvalue weighted by atomic mass is 10.0. The predicted molar refractivity (Wildman–Crippen MR) is 69.1 cm³/mol. The summed E-state index contributed by atoms with van der Waals surface area (Å²) < 4.78 is 5.53. The van der Waals surface area contributed by atoms with Gasteiger partial charge in [-0.1, -0.05) is 36.8 Å². The Morgan fingerprint density at radius 3 is 2.50 bits per heavy atom. The van der Waals surface area contributed by atoms with Gasteiger partial charge in [-0.25, -0.2) is 0 Å². The third-order valence-corrected chi connectivity index (χ3v) is 3.97. The molecule has 3 nitrogen and oxygen atoms in total. The lowest BCUT2D eigenvalue weighted by molar-refractivity contribution is -0.145. The first-order chi connectivity index (χ1) is 8.84. The molecular formula is C15H19NO2. The minimum Gasteiger partial charge on any atom is -0.456 e. The molecule has 0 bridgehead atoms. The first-order valence-corrected chi connectivity index (χ1v) is 6.84. The zero-order valence-corrected chi connectivity index (χ0v) is 10.5. The summed E-state index contributed by atoms with van der Waals surface area (Å²) in [6, 6.07) is 10.0. The Labute approximate surface area is 108 Å². The van der Waals surface area contributed by atoms with Crippen LogP contribution in [-0.2, 0) is 9.53 Å². The van der Waals surface area contributed by atoms with Crippen LogP contribution in [0.4, 0.5) is 0 Å². The summed E-state index contributed by atoms with van der Waals surface area (Å²) in [5, 5.41) is 0. The van der Waals surface area contributed by atoms with Crippen molar-refractivity contribution >= 4 is 5.97 Å². The van der Waals surface area contributed by atoms with Crippen LogP contribution in [0.25, 0.3) is 0 Å². The number of hydrogen-bond acceptors (Lipinski definition) is 3. The van der Waals surface area contributed by atoms with E-state index in [0.29, 0.717) is 0 Å². The molecule has 1 aromatic rings. The summed E-state index contributed by atoms with van der Waals surface area (Å²) in [6.07, 6.45) is 4.47. The van der Waals surface area contributed by atoms with Crippen molar-refractivity contribution in [2.45, 2.75) is 37.8 Å². The van der Waals surface area contributed by atoms with E-state index in [1.165, 1.54) is 19.3 Å². The number of likely N-dealkylation sites (tertiary alicyclic amines) is 1. The molecule has 3 rings (SSSR count). The summed E-state index contributed by atoms with van der Waals surface area (Å²) in [5.41, 5.74) is 1.12. The summed E-state index contributed by atoms with van der Waals surface area (Å²) in [5.74, 6) is -0.0363. The number of piperidine rings is 1. The van der Waals surface area contributed by atoms with Crippen LogP contribution in [-0.4, -0.2) is 30.0 Å². The minimum atomic E-state index is -0.0503. The maximum atomic E-state index is 12.0. The van der Waals surface area contributed by atoms with Crippen molar-refractivity contribution < 1.29 is 9.53 Å². The number of benzene rings is 1. The molecule has 0 saturated carbocycles. The van der Waals surface area contributed by atoms with Gasteiger partial charge in [-0.05, 0) is 31.5 Å². The smallest absolute Gasteiger partial charge is 0.324 e. The lowest BCUT2D eigenvalue weighted by Gasteiger charge is -2.29. The molecular weight excluding hydrogens is 226 g/mol. The number of carbonyl (C=O) groups is 1. The Morgan fingerprint density at radius 1 is 1.06 bits per heavy atom. The highest BCUT2D eigenvalue weighted by Gasteiger charge is 2.39. The largest absolute Gasteiger partial charge is 0.456 e. The van der Waals surface area contributed by atoms with Gasteiger partial charge < -0.3 is 4.74 Å². The van der Waals surface area contributed by atoms with Crippen molar-refractivity contribution in [3.63, 3.8) is 0 Å². The molecule has 0 radical (unpaired) electrons. The van der Waals surface area contributed by atoms with E-state index in [9.17, 15) is 4.79 Å². The number of esters is 1. The van der Waals surface area contributed by atoms with Crippen LogP contribution in [0.15, 0.2) is 30.3 Å². The Morgan fingerprint density at radius 2 is 1.78 bits per heavy atom. The molecule has 2 saturated heterocycles. The van der Waals surface area contributed by atoms with Crippen LogP contribution in [0.5, 0.6) is 0 Å². The van der Waals surface area contributed by atoms with Crippen molar-refractivity contribution in [2.24, 2.45) is 0 Å². The highest BCUT2D eigenvalue weighted by molar-refractivity contribution is 5.78. The van der Waals surface area contributed by atoms with E-state index in [4.69, 9.17) is 4.74 Å². The normalized spacial score (nSPS) is 29.2. The molecule has 2 atom stereocenters. The van der Waals surface area contributed by atoms with Gasteiger partial charge >= 0.3 is 5.97 Å². The second-order valence-electron chi connectivity index (χ2n) is 5.18. The Kier molecular flexibility index (Phi) is 3.33. The zero-order chi connectivity index (χ0) is 12.4. The van der Waals surface area contributed by atoms with Crippen LogP contribution in [0, 0.1) is 0 Å². The molecule has 0 spiro atoms. The highest BCUT2D eigenvalue weighted by atomic mass is 16.6. The van der Waals surface area contributed by atoms with Crippen LogP contribution < -0.4 is 0 Å². The van der Waals surface area contributed by atoms with Gasteiger partial charge in [0.05, 0.1) is 0 Å². The molecule has 0 amide bonds. The van der Waals surface area contributed by atoms with Crippen molar-refractivity contribution in [1.29, 1.82) is 0 Å². The monoisotopic (exact) mass is 245 g/mol. The van der Waals surface area contributed by atoms with Crippen molar-refractivity contribution in [3.05, 3.63) is 35.9 Å². The second kappa shape index (κ2) is 5.11. The molecule has 2 heterocycles. The van der Waals surface area contributed by atoms with E-state index in [-0.39, 0.29) is 18.1 Å². The van der Waals surface area contributed by atoms with Crippen molar-refractivity contribution in [3.8, 4) is 0 Å². The lowest BCUT2D eigenvalue weighted by Crippen LogP contribution is -2.41. The molecule has 2 aliphatic rings. The molecule has 3 heteroatoms. The van der Waals surface area contributed by atoms with E-state index < -0.39 is 0 Å². The molecule has 96 valence electrons.